The van der Waals surface area contributed by atoms with Crippen molar-refractivity contribution in [2.75, 3.05) is 6.54 Å². The summed E-state index contributed by atoms with van der Waals surface area (Å²) in [5.74, 6) is -0.0591. The van der Waals surface area contributed by atoms with Crippen LogP contribution in [-0.2, 0) is 6.42 Å². The van der Waals surface area contributed by atoms with E-state index in [-0.39, 0.29) is 18.3 Å². The van der Waals surface area contributed by atoms with Gasteiger partial charge in [0.1, 0.15) is 0 Å². The molecule has 1 aromatic heterocycles. The molecule has 0 radical (unpaired) electrons. The van der Waals surface area contributed by atoms with Crippen LogP contribution in [0.5, 0.6) is 0 Å². The van der Waals surface area contributed by atoms with E-state index in [0.29, 0.717) is 12.1 Å². The third-order valence-corrected chi connectivity index (χ3v) is 2.69. The third kappa shape index (κ3) is 5.10. The Labute approximate surface area is 119 Å². The largest absolute Gasteiger partial charge is 0.352 e. The Bertz CT molecular complexity index is 488. The summed E-state index contributed by atoms with van der Waals surface area (Å²) in [7, 11) is 0. The average Bonchev–Trinajstić information content (AvgIpc) is 2.45. The molecule has 0 aliphatic heterocycles. The zero-order valence-electron chi connectivity index (χ0n) is 10.6. The van der Waals surface area contributed by atoms with Crippen molar-refractivity contribution in [3.63, 3.8) is 0 Å². The Morgan fingerprint density at radius 2 is 1.89 bits per heavy atom. The van der Waals surface area contributed by atoms with E-state index >= 15 is 0 Å². The van der Waals surface area contributed by atoms with Gasteiger partial charge in [0.2, 0.25) is 0 Å². The zero-order chi connectivity index (χ0) is 12.6. The SMILES string of the molecule is Cl.O=C(NCCCc1ccccc1)c1cccnc1. The smallest absolute Gasteiger partial charge is 0.252 e. The lowest BCUT2D eigenvalue weighted by Crippen LogP contribution is -2.24. The number of hydrogen-bond acceptors (Lipinski definition) is 2. The van der Waals surface area contributed by atoms with Gasteiger partial charge in [0.05, 0.1) is 5.56 Å². The number of pyridine rings is 1. The van der Waals surface area contributed by atoms with E-state index in [9.17, 15) is 4.79 Å². The lowest BCUT2D eigenvalue weighted by atomic mass is 10.1. The molecule has 2 rings (SSSR count). The number of nitrogens with zero attached hydrogens (tertiary/aromatic N) is 1. The third-order valence-electron chi connectivity index (χ3n) is 2.69. The van der Waals surface area contributed by atoms with Crippen molar-refractivity contribution in [3.05, 3.63) is 66.0 Å². The first-order valence-corrected chi connectivity index (χ1v) is 6.08. The summed E-state index contributed by atoms with van der Waals surface area (Å²) in [6.07, 6.45) is 5.16. The molecular formula is C15H17ClN2O. The zero-order valence-corrected chi connectivity index (χ0v) is 11.4. The molecule has 1 aromatic carbocycles. The monoisotopic (exact) mass is 276 g/mol. The molecule has 0 fully saturated rings. The predicted molar refractivity (Wildman–Crippen MR) is 78.6 cm³/mol. The first-order chi connectivity index (χ1) is 8.86. The van der Waals surface area contributed by atoms with Crippen LogP contribution in [0.15, 0.2) is 54.9 Å². The van der Waals surface area contributed by atoms with Crippen LogP contribution in [0.4, 0.5) is 0 Å². The van der Waals surface area contributed by atoms with E-state index < -0.39 is 0 Å². The molecular weight excluding hydrogens is 260 g/mol. The second-order valence-electron chi connectivity index (χ2n) is 4.09. The summed E-state index contributed by atoms with van der Waals surface area (Å²) in [6, 6.07) is 13.8. The van der Waals surface area contributed by atoms with E-state index in [1.807, 2.05) is 18.2 Å². The first kappa shape index (κ1) is 15.2. The highest BCUT2D eigenvalue weighted by molar-refractivity contribution is 5.93. The van der Waals surface area contributed by atoms with Gasteiger partial charge in [0, 0.05) is 18.9 Å². The van der Waals surface area contributed by atoms with Crippen molar-refractivity contribution in [1.82, 2.24) is 10.3 Å². The van der Waals surface area contributed by atoms with Crippen LogP contribution >= 0.6 is 12.4 Å². The maximum Gasteiger partial charge on any atom is 0.252 e. The van der Waals surface area contributed by atoms with Gasteiger partial charge >= 0.3 is 0 Å². The number of aromatic nitrogens is 1. The van der Waals surface area contributed by atoms with Gasteiger partial charge in [-0.1, -0.05) is 30.3 Å². The van der Waals surface area contributed by atoms with E-state index in [0.717, 1.165) is 12.8 Å². The molecule has 1 heterocycles. The van der Waals surface area contributed by atoms with Crippen LogP contribution < -0.4 is 5.32 Å². The van der Waals surface area contributed by atoms with Crippen LogP contribution in [0.2, 0.25) is 0 Å². The average molecular weight is 277 g/mol. The summed E-state index contributed by atoms with van der Waals surface area (Å²) in [4.78, 5) is 15.6. The first-order valence-electron chi connectivity index (χ1n) is 6.08. The summed E-state index contributed by atoms with van der Waals surface area (Å²) < 4.78 is 0. The minimum Gasteiger partial charge on any atom is -0.352 e. The molecule has 1 N–H and O–H groups in total. The molecule has 19 heavy (non-hydrogen) atoms. The molecule has 0 aliphatic carbocycles. The fraction of sp³-hybridized carbons (Fsp3) is 0.200. The molecule has 0 saturated carbocycles. The van der Waals surface area contributed by atoms with Gasteiger partial charge in [-0.25, -0.2) is 0 Å². The van der Waals surface area contributed by atoms with Crippen LogP contribution in [0.25, 0.3) is 0 Å². The number of amides is 1. The van der Waals surface area contributed by atoms with Gasteiger partial charge in [0.15, 0.2) is 0 Å². The van der Waals surface area contributed by atoms with E-state index in [2.05, 4.69) is 22.4 Å². The minimum atomic E-state index is -0.0591. The normalized spacial score (nSPS) is 9.47. The summed E-state index contributed by atoms with van der Waals surface area (Å²) in [6.45, 7) is 0.683. The summed E-state index contributed by atoms with van der Waals surface area (Å²) >= 11 is 0. The highest BCUT2D eigenvalue weighted by atomic mass is 35.5. The van der Waals surface area contributed by atoms with Crippen molar-refractivity contribution in [2.24, 2.45) is 0 Å². The van der Waals surface area contributed by atoms with Crippen molar-refractivity contribution in [3.8, 4) is 0 Å². The number of carbonyl (C=O) groups excluding carboxylic acids is 1. The summed E-state index contributed by atoms with van der Waals surface area (Å²) in [5, 5.41) is 2.89. The minimum absolute atomic E-state index is 0. The van der Waals surface area contributed by atoms with Crippen LogP contribution in [-0.4, -0.2) is 17.4 Å². The van der Waals surface area contributed by atoms with E-state index in [4.69, 9.17) is 0 Å². The molecule has 0 atom stereocenters. The number of nitrogens with one attached hydrogen (secondary N) is 1. The fourth-order valence-corrected chi connectivity index (χ4v) is 1.74. The highest BCUT2D eigenvalue weighted by Crippen LogP contribution is 2.02. The van der Waals surface area contributed by atoms with Crippen molar-refractivity contribution < 1.29 is 4.79 Å². The van der Waals surface area contributed by atoms with Gasteiger partial charge in [-0.3, -0.25) is 9.78 Å². The summed E-state index contributed by atoms with van der Waals surface area (Å²) in [5.41, 5.74) is 1.91. The van der Waals surface area contributed by atoms with E-state index in [1.54, 1.807) is 24.5 Å². The number of rotatable bonds is 5. The Morgan fingerprint density at radius 3 is 2.58 bits per heavy atom. The van der Waals surface area contributed by atoms with Crippen LogP contribution in [0.1, 0.15) is 22.3 Å². The molecule has 0 aliphatic rings. The Kier molecular flexibility index (Phi) is 6.61. The Hall–Kier alpha value is -1.87. The topological polar surface area (TPSA) is 42.0 Å². The van der Waals surface area contributed by atoms with Crippen molar-refractivity contribution >= 4 is 18.3 Å². The maximum atomic E-state index is 11.7. The second kappa shape index (κ2) is 8.27. The number of benzene rings is 1. The van der Waals surface area contributed by atoms with E-state index in [1.165, 1.54) is 5.56 Å². The van der Waals surface area contributed by atoms with Crippen LogP contribution in [0, 0.1) is 0 Å². The standard InChI is InChI=1S/C15H16N2O.ClH/c18-15(14-9-5-10-16-12-14)17-11-4-8-13-6-2-1-3-7-13;/h1-3,5-7,9-10,12H,4,8,11H2,(H,17,18);1H. The molecule has 100 valence electrons. The van der Waals surface area contributed by atoms with Crippen molar-refractivity contribution in [1.29, 1.82) is 0 Å². The quantitative estimate of drug-likeness (QED) is 0.853. The lowest BCUT2D eigenvalue weighted by Gasteiger charge is -2.05. The second-order valence-corrected chi connectivity index (χ2v) is 4.09. The fourth-order valence-electron chi connectivity index (χ4n) is 1.74. The number of carbonyl (C=O) groups is 1. The number of halogens is 1. The van der Waals surface area contributed by atoms with Gasteiger partial charge in [-0.05, 0) is 30.5 Å². The van der Waals surface area contributed by atoms with Crippen LogP contribution in [0.3, 0.4) is 0 Å². The Morgan fingerprint density at radius 1 is 1.11 bits per heavy atom. The molecule has 2 aromatic rings. The highest BCUT2D eigenvalue weighted by Gasteiger charge is 2.03. The number of hydrogen-bond donors (Lipinski definition) is 1. The number of aryl methyl sites for hydroxylation is 1. The maximum absolute atomic E-state index is 11.7. The molecule has 0 bridgehead atoms. The Balaban J connectivity index is 0.00000180. The lowest BCUT2D eigenvalue weighted by molar-refractivity contribution is 0.0953. The molecule has 0 spiro atoms. The van der Waals surface area contributed by atoms with Gasteiger partial charge in [-0.2, -0.15) is 0 Å². The van der Waals surface area contributed by atoms with Gasteiger partial charge in [0.25, 0.3) is 5.91 Å². The van der Waals surface area contributed by atoms with Gasteiger partial charge < -0.3 is 5.32 Å². The molecule has 0 saturated heterocycles. The molecule has 4 heteroatoms. The van der Waals surface area contributed by atoms with Crippen molar-refractivity contribution in [2.45, 2.75) is 12.8 Å². The van der Waals surface area contributed by atoms with Gasteiger partial charge in [-0.15, -0.1) is 12.4 Å². The molecule has 0 unspecified atom stereocenters. The molecule has 1 amide bonds. The molecule has 3 nitrogen and oxygen atoms in total. The predicted octanol–water partition coefficient (Wildman–Crippen LogP) is 2.87.